The van der Waals surface area contributed by atoms with Crippen LogP contribution < -0.4 is 26.0 Å². The van der Waals surface area contributed by atoms with Gasteiger partial charge >= 0.3 is 6.18 Å². The second-order valence-electron chi connectivity index (χ2n) is 7.70. The number of hydrogen-bond donors (Lipinski definition) is 3. The summed E-state index contributed by atoms with van der Waals surface area (Å²) in [6.07, 6.45) is -1.82. The van der Waals surface area contributed by atoms with Crippen molar-refractivity contribution in [3.8, 4) is 23.1 Å². The van der Waals surface area contributed by atoms with Crippen molar-refractivity contribution in [2.24, 2.45) is 5.92 Å². The number of nitrogens with zero attached hydrogens (tertiary/aromatic N) is 3. The number of aromatic nitrogens is 1. The molecule has 164 valence electrons. The Labute approximate surface area is 178 Å². The quantitative estimate of drug-likeness (QED) is 0.665. The van der Waals surface area contributed by atoms with E-state index in [2.05, 4.69) is 21.3 Å². The van der Waals surface area contributed by atoms with E-state index in [0.717, 1.165) is 38.4 Å². The van der Waals surface area contributed by atoms with Crippen molar-refractivity contribution in [1.29, 1.82) is 5.26 Å². The van der Waals surface area contributed by atoms with Crippen LogP contribution in [0.5, 0.6) is 5.75 Å². The van der Waals surface area contributed by atoms with Crippen molar-refractivity contribution in [3.63, 3.8) is 0 Å². The number of alkyl halides is 3. The molecule has 0 saturated carbocycles. The van der Waals surface area contributed by atoms with Crippen LogP contribution >= 0.6 is 0 Å². The van der Waals surface area contributed by atoms with Gasteiger partial charge in [0.25, 0.3) is 0 Å². The normalized spacial score (nSPS) is 16.5. The van der Waals surface area contributed by atoms with Gasteiger partial charge in [0.2, 0.25) is 0 Å². The number of ether oxygens (including phenoxy) is 1. The lowest BCUT2D eigenvalue weighted by Gasteiger charge is -2.23. The molecule has 0 aliphatic carbocycles. The predicted octanol–water partition coefficient (Wildman–Crippen LogP) is 3.69. The fourth-order valence-corrected chi connectivity index (χ4v) is 3.89. The molecule has 0 amide bonds. The van der Waals surface area contributed by atoms with E-state index in [1.807, 2.05) is 6.07 Å². The largest absolute Gasteiger partial charge is 0.493 e. The molecule has 2 aliphatic heterocycles. The molecule has 1 aromatic carbocycles. The van der Waals surface area contributed by atoms with Crippen LogP contribution in [0.2, 0.25) is 0 Å². The number of pyridine rings is 1. The van der Waals surface area contributed by atoms with Crippen LogP contribution in [0.3, 0.4) is 0 Å². The second-order valence-corrected chi connectivity index (χ2v) is 7.70. The molecule has 1 fully saturated rings. The molecule has 0 unspecified atom stereocenters. The van der Waals surface area contributed by atoms with E-state index in [1.54, 1.807) is 24.2 Å². The first kappa shape index (κ1) is 21.2. The smallest absolute Gasteiger partial charge is 0.419 e. The summed E-state index contributed by atoms with van der Waals surface area (Å²) in [5, 5.41) is 14.3. The van der Waals surface area contributed by atoms with Gasteiger partial charge in [0.15, 0.2) is 5.69 Å². The highest BCUT2D eigenvalue weighted by atomic mass is 19.4. The van der Waals surface area contributed by atoms with Crippen LogP contribution in [0.1, 0.15) is 30.5 Å². The maximum atomic E-state index is 13.8. The van der Waals surface area contributed by atoms with Gasteiger partial charge in [0.05, 0.1) is 23.6 Å². The second kappa shape index (κ2) is 8.61. The fourth-order valence-electron chi connectivity index (χ4n) is 3.89. The van der Waals surface area contributed by atoms with Crippen LogP contribution in [-0.4, -0.2) is 31.7 Å². The lowest BCUT2D eigenvalue weighted by molar-refractivity contribution is -0.138. The monoisotopic (exact) mass is 432 g/mol. The van der Waals surface area contributed by atoms with Gasteiger partial charge in [-0.05, 0) is 62.5 Å². The molecule has 0 bridgehead atoms. The molecule has 0 atom stereocenters. The van der Waals surface area contributed by atoms with Crippen LogP contribution in [0.4, 0.5) is 24.5 Å². The van der Waals surface area contributed by atoms with Gasteiger partial charge in [-0.1, -0.05) is 0 Å². The number of benzene rings is 1. The first-order valence-electron chi connectivity index (χ1n) is 10.1. The zero-order chi connectivity index (χ0) is 22.0. The number of piperidine rings is 1. The number of rotatable bonds is 5. The summed E-state index contributed by atoms with van der Waals surface area (Å²) >= 11 is 0. The first-order valence-corrected chi connectivity index (χ1v) is 10.1. The van der Waals surface area contributed by atoms with Gasteiger partial charge in [0, 0.05) is 12.6 Å². The predicted molar refractivity (Wildman–Crippen MR) is 110 cm³/mol. The third kappa shape index (κ3) is 4.52. The minimum atomic E-state index is -4.57. The van der Waals surface area contributed by atoms with Crippen molar-refractivity contribution in [2.75, 3.05) is 37.2 Å². The average Bonchev–Trinajstić information content (AvgIpc) is 3.14. The summed E-state index contributed by atoms with van der Waals surface area (Å²) in [6.45, 7) is 2.11. The van der Waals surface area contributed by atoms with Crippen molar-refractivity contribution in [2.45, 2.75) is 25.4 Å². The van der Waals surface area contributed by atoms with Crippen LogP contribution in [0.25, 0.3) is 11.3 Å². The van der Waals surface area contributed by atoms with Gasteiger partial charge in [-0.2, -0.15) is 18.4 Å². The Kier molecular flexibility index (Phi) is 5.89. The van der Waals surface area contributed by atoms with E-state index in [1.165, 1.54) is 6.07 Å². The van der Waals surface area contributed by atoms with Crippen LogP contribution in [0.15, 0.2) is 24.3 Å². The van der Waals surface area contributed by atoms with Crippen LogP contribution in [-0.2, 0) is 6.18 Å². The van der Waals surface area contributed by atoms with Gasteiger partial charge in [0.1, 0.15) is 17.5 Å². The fraction of sp³-hybridized carbons (Fsp3) is 0.429. The molecular weight excluding hydrogens is 409 g/mol. The summed E-state index contributed by atoms with van der Waals surface area (Å²) in [4.78, 5) is 4.24. The number of fused-ring (bicyclic) bond motifs is 1. The molecule has 2 aromatic rings. The molecule has 3 N–H and O–H groups in total. The lowest BCUT2D eigenvalue weighted by atomic mass is 9.95. The van der Waals surface area contributed by atoms with E-state index in [4.69, 9.17) is 4.74 Å². The number of hydrazine groups is 2. The highest BCUT2D eigenvalue weighted by Gasteiger charge is 2.35. The zero-order valence-corrected chi connectivity index (χ0v) is 17.0. The highest BCUT2D eigenvalue weighted by Crippen LogP contribution is 2.40. The molecular formula is C21H23F3N6O. The van der Waals surface area contributed by atoms with Gasteiger partial charge in [-0.15, -0.1) is 5.53 Å². The molecule has 1 aromatic heterocycles. The molecule has 1 saturated heterocycles. The van der Waals surface area contributed by atoms with Crippen molar-refractivity contribution >= 4 is 11.4 Å². The molecule has 0 spiro atoms. The molecule has 0 radical (unpaired) electrons. The topological polar surface area (TPSA) is 85.2 Å². The Morgan fingerprint density at radius 3 is 2.74 bits per heavy atom. The summed E-state index contributed by atoms with van der Waals surface area (Å²) < 4.78 is 46.8. The Balaban J connectivity index is 1.60. The Morgan fingerprint density at radius 1 is 1.26 bits per heavy atom. The maximum Gasteiger partial charge on any atom is 0.419 e. The van der Waals surface area contributed by atoms with Gasteiger partial charge in [-0.3, -0.25) is 10.4 Å². The zero-order valence-electron chi connectivity index (χ0n) is 17.0. The van der Waals surface area contributed by atoms with Gasteiger partial charge in [-0.25, -0.2) is 4.98 Å². The van der Waals surface area contributed by atoms with E-state index in [0.29, 0.717) is 17.3 Å². The third-order valence-corrected chi connectivity index (χ3v) is 5.64. The standard InChI is InChI=1S/C21H23F3N6O/c1-30-18-11-16(27-17(12-25)20(18)28-29-30)14-2-3-19(15(10-14)21(22,23)24)31-9-6-13-4-7-26-8-5-13/h2-3,10-11,13,26,28-29H,4-9H2,1H3. The Morgan fingerprint density at radius 2 is 2.03 bits per heavy atom. The Hall–Kier alpha value is -3.03. The minimum Gasteiger partial charge on any atom is -0.493 e. The van der Waals surface area contributed by atoms with Gasteiger partial charge < -0.3 is 10.1 Å². The number of nitrogens with one attached hydrogen (secondary N) is 3. The molecule has 10 heteroatoms. The summed E-state index contributed by atoms with van der Waals surface area (Å²) in [5.41, 5.74) is 6.55. The van der Waals surface area contributed by atoms with Crippen molar-refractivity contribution < 1.29 is 17.9 Å². The minimum absolute atomic E-state index is 0.0974. The molecule has 3 heterocycles. The molecule has 31 heavy (non-hydrogen) atoms. The van der Waals surface area contributed by atoms with E-state index >= 15 is 0 Å². The summed E-state index contributed by atoms with van der Waals surface area (Å²) in [5.74, 6) is 0.279. The summed E-state index contributed by atoms with van der Waals surface area (Å²) in [6, 6.07) is 7.53. The number of halogens is 3. The molecule has 2 aliphatic rings. The number of nitriles is 1. The van der Waals surface area contributed by atoms with Crippen molar-refractivity contribution in [1.82, 2.24) is 15.8 Å². The number of hydrogen-bond acceptors (Lipinski definition) is 7. The Bertz CT molecular complexity index is 998. The van der Waals surface area contributed by atoms with Crippen LogP contribution in [0, 0.1) is 17.2 Å². The number of anilines is 2. The SMILES string of the molecule is CN1NNc2c1cc(-c1ccc(OCCC3CCNCC3)c(C(F)(F)F)c1)nc2C#N. The van der Waals surface area contributed by atoms with E-state index in [9.17, 15) is 18.4 Å². The third-order valence-electron chi connectivity index (χ3n) is 5.64. The van der Waals surface area contributed by atoms with E-state index in [-0.39, 0.29) is 29.3 Å². The van der Waals surface area contributed by atoms with Crippen molar-refractivity contribution in [3.05, 3.63) is 35.5 Å². The maximum absolute atomic E-state index is 13.8. The lowest BCUT2D eigenvalue weighted by Crippen LogP contribution is -2.31. The molecule has 7 nitrogen and oxygen atoms in total. The summed E-state index contributed by atoms with van der Waals surface area (Å²) in [7, 11) is 1.73. The van der Waals surface area contributed by atoms with E-state index < -0.39 is 11.7 Å². The first-order chi connectivity index (χ1) is 14.9. The average molecular weight is 432 g/mol. The molecule has 4 rings (SSSR count). The highest BCUT2D eigenvalue weighted by molar-refractivity contribution is 5.81.